The molecular formula is C22H25BrN2O3S. The van der Waals surface area contributed by atoms with Crippen molar-refractivity contribution in [3.8, 4) is 0 Å². The predicted octanol–water partition coefficient (Wildman–Crippen LogP) is 5.14. The van der Waals surface area contributed by atoms with Gasteiger partial charge in [-0.25, -0.2) is 9.59 Å². The molecular weight excluding hydrogens is 452 g/mol. The summed E-state index contributed by atoms with van der Waals surface area (Å²) in [5.74, 6) is -0.293. The zero-order valence-corrected chi connectivity index (χ0v) is 19.0. The summed E-state index contributed by atoms with van der Waals surface area (Å²) < 4.78 is 5.34. The quantitative estimate of drug-likeness (QED) is 0.428. The minimum atomic E-state index is -0.293. The first-order valence-corrected chi connectivity index (χ1v) is 12.1. The second-order valence-corrected chi connectivity index (χ2v) is 9.06. The van der Waals surface area contributed by atoms with E-state index in [0.717, 1.165) is 47.1 Å². The van der Waals surface area contributed by atoms with Gasteiger partial charge in [-0.1, -0.05) is 40.2 Å². The summed E-state index contributed by atoms with van der Waals surface area (Å²) >= 11 is 5.06. The van der Waals surface area contributed by atoms with E-state index in [1.165, 1.54) is 10.4 Å². The second kappa shape index (κ2) is 8.88. The van der Waals surface area contributed by atoms with E-state index in [0.29, 0.717) is 31.8 Å². The van der Waals surface area contributed by atoms with Crippen molar-refractivity contribution in [2.75, 3.05) is 24.6 Å². The van der Waals surface area contributed by atoms with Crippen LogP contribution >= 0.6 is 27.3 Å². The van der Waals surface area contributed by atoms with Crippen molar-refractivity contribution in [2.24, 2.45) is 0 Å². The number of urea groups is 1. The SMILES string of the molecule is CCOC(=O)c1c(N2CCN(Cc3ccc(CBr)cc3)C2=O)sc2c1CCCC2. The van der Waals surface area contributed by atoms with Crippen molar-refractivity contribution in [3.63, 3.8) is 0 Å². The lowest BCUT2D eigenvalue weighted by Crippen LogP contribution is -2.32. The number of hydrogen-bond acceptors (Lipinski definition) is 4. The van der Waals surface area contributed by atoms with Gasteiger partial charge in [0, 0.05) is 29.8 Å². The van der Waals surface area contributed by atoms with E-state index in [-0.39, 0.29) is 12.0 Å². The molecule has 2 amide bonds. The smallest absolute Gasteiger partial charge is 0.341 e. The molecule has 1 saturated heterocycles. The third-order valence-electron chi connectivity index (χ3n) is 5.52. The van der Waals surface area contributed by atoms with Gasteiger partial charge >= 0.3 is 12.0 Å². The van der Waals surface area contributed by atoms with Crippen molar-refractivity contribution in [1.82, 2.24) is 4.90 Å². The number of benzene rings is 1. The van der Waals surface area contributed by atoms with Crippen LogP contribution in [0.15, 0.2) is 24.3 Å². The minimum Gasteiger partial charge on any atom is -0.462 e. The maximum absolute atomic E-state index is 13.2. The molecule has 1 aromatic carbocycles. The molecule has 29 heavy (non-hydrogen) atoms. The zero-order chi connectivity index (χ0) is 20.4. The molecule has 4 rings (SSSR count). The summed E-state index contributed by atoms with van der Waals surface area (Å²) in [4.78, 5) is 30.8. The van der Waals surface area contributed by atoms with Crippen LogP contribution in [0.25, 0.3) is 0 Å². The summed E-state index contributed by atoms with van der Waals surface area (Å²) in [5, 5.41) is 1.60. The summed E-state index contributed by atoms with van der Waals surface area (Å²) in [6.07, 6.45) is 4.10. The van der Waals surface area contributed by atoms with Crippen molar-refractivity contribution < 1.29 is 14.3 Å². The lowest BCUT2D eigenvalue weighted by molar-refractivity contribution is 0.0526. The lowest BCUT2D eigenvalue weighted by atomic mass is 9.95. The van der Waals surface area contributed by atoms with Gasteiger partial charge < -0.3 is 9.64 Å². The number of aryl methyl sites for hydroxylation is 1. The molecule has 1 aromatic heterocycles. The van der Waals surface area contributed by atoms with Crippen LogP contribution < -0.4 is 4.90 Å². The van der Waals surface area contributed by atoms with Gasteiger partial charge in [-0.05, 0) is 49.3 Å². The number of anilines is 1. The summed E-state index contributed by atoms with van der Waals surface area (Å²) in [5.41, 5.74) is 4.06. The fourth-order valence-electron chi connectivity index (χ4n) is 4.03. The Morgan fingerprint density at radius 1 is 1.14 bits per heavy atom. The van der Waals surface area contributed by atoms with Crippen LogP contribution in [0, 0.1) is 0 Å². The largest absolute Gasteiger partial charge is 0.462 e. The van der Waals surface area contributed by atoms with Crippen LogP contribution in [0.4, 0.5) is 9.80 Å². The number of rotatable bonds is 6. The van der Waals surface area contributed by atoms with E-state index in [4.69, 9.17) is 4.74 Å². The first-order chi connectivity index (χ1) is 14.1. The molecule has 0 radical (unpaired) electrons. The van der Waals surface area contributed by atoms with Crippen LogP contribution in [-0.4, -0.2) is 36.6 Å². The highest BCUT2D eigenvalue weighted by atomic mass is 79.9. The van der Waals surface area contributed by atoms with Crippen molar-refractivity contribution in [1.29, 1.82) is 0 Å². The summed E-state index contributed by atoms with van der Waals surface area (Å²) in [6, 6.07) is 8.27. The van der Waals surface area contributed by atoms with Crippen molar-refractivity contribution >= 4 is 44.3 Å². The Bertz CT molecular complexity index is 910. The fourth-order valence-corrected chi connectivity index (χ4v) is 5.80. The van der Waals surface area contributed by atoms with Crippen molar-refractivity contribution in [3.05, 3.63) is 51.4 Å². The molecule has 1 aliphatic carbocycles. The van der Waals surface area contributed by atoms with E-state index in [9.17, 15) is 9.59 Å². The molecule has 154 valence electrons. The normalized spacial score (nSPS) is 16.3. The van der Waals surface area contributed by atoms with Gasteiger partial charge in [0.1, 0.15) is 5.00 Å². The number of alkyl halides is 1. The van der Waals surface area contributed by atoms with Gasteiger partial charge in [0.05, 0.1) is 12.2 Å². The minimum absolute atomic E-state index is 0.0290. The fraction of sp³-hybridized carbons (Fsp3) is 0.455. The Morgan fingerprint density at radius 2 is 1.86 bits per heavy atom. The first-order valence-electron chi connectivity index (χ1n) is 10.1. The molecule has 2 heterocycles. The molecule has 1 aliphatic heterocycles. The highest BCUT2D eigenvalue weighted by Crippen LogP contribution is 2.41. The Morgan fingerprint density at radius 3 is 2.59 bits per heavy atom. The van der Waals surface area contributed by atoms with Crippen LogP contribution in [-0.2, 0) is 29.5 Å². The Balaban J connectivity index is 1.58. The van der Waals surface area contributed by atoms with Crippen LogP contribution in [0.5, 0.6) is 0 Å². The van der Waals surface area contributed by atoms with Gasteiger partial charge in [-0.15, -0.1) is 11.3 Å². The molecule has 2 aliphatic rings. The number of hydrogen-bond donors (Lipinski definition) is 0. The predicted molar refractivity (Wildman–Crippen MR) is 119 cm³/mol. The average Bonchev–Trinajstić information content (AvgIpc) is 3.29. The van der Waals surface area contributed by atoms with Crippen LogP contribution in [0.2, 0.25) is 0 Å². The molecule has 0 spiro atoms. The van der Waals surface area contributed by atoms with E-state index in [2.05, 4.69) is 40.2 Å². The van der Waals surface area contributed by atoms with Crippen LogP contribution in [0.3, 0.4) is 0 Å². The number of fused-ring (bicyclic) bond motifs is 1. The molecule has 0 unspecified atom stereocenters. The molecule has 0 bridgehead atoms. The van der Waals surface area contributed by atoms with E-state index in [1.807, 2.05) is 11.8 Å². The highest BCUT2D eigenvalue weighted by molar-refractivity contribution is 9.08. The first kappa shape index (κ1) is 20.4. The molecule has 7 heteroatoms. The Hall–Kier alpha value is -1.86. The average molecular weight is 477 g/mol. The number of esters is 1. The molecule has 0 atom stereocenters. The molecule has 0 N–H and O–H groups in total. The maximum atomic E-state index is 13.2. The third-order valence-corrected chi connectivity index (χ3v) is 7.49. The van der Waals surface area contributed by atoms with Gasteiger partial charge in [-0.2, -0.15) is 0 Å². The molecule has 5 nitrogen and oxygen atoms in total. The monoisotopic (exact) mass is 476 g/mol. The Kier molecular flexibility index (Phi) is 6.25. The molecule has 0 saturated carbocycles. The van der Waals surface area contributed by atoms with Crippen LogP contribution in [0.1, 0.15) is 51.7 Å². The molecule has 1 fully saturated rings. The van der Waals surface area contributed by atoms with Crippen molar-refractivity contribution in [2.45, 2.75) is 44.5 Å². The Labute approximate surface area is 183 Å². The number of nitrogens with zero attached hydrogens (tertiary/aromatic N) is 2. The van der Waals surface area contributed by atoms with Gasteiger partial charge in [0.15, 0.2) is 0 Å². The van der Waals surface area contributed by atoms with E-state index in [1.54, 1.807) is 16.2 Å². The molecule has 2 aromatic rings. The van der Waals surface area contributed by atoms with Gasteiger partial charge in [0.25, 0.3) is 0 Å². The number of thiophene rings is 1. The van der Waals surface area contributed by atoms with E-state index < -0.39 is 0 Å². The summed E-state index contributed by atoms with van der Waals surface area (Å²) in [6.45, 7) is 4.00. The van der Waals surface area contributed by atoms with Gasteiger partial charge in [0.2, 0.25) is 0 Å². The van der Waals surface area contributed by atoms with Gasteiger partial charge in [-0.3, -0.25) is 4.90 Å². The number of amides is 2. The standard InChI is InChI=1S/C22H25BrN2O3S/c1-2-28-21(26)19-17-5-3-4-6-18(17)29-20(19)25-12-11-24(22(25)27)14-16-9-7-15(13-23)8-10-16/h7-10H,2-6,11-14H2,1H3. The topological polar surface area (TPSA) is 49.9 Å². The third kappa shape index (κ3) is 4.08. The lowest BCUT2D eigenvalue weighted by Gasteiger charge is -2.19. The number of halogens is 1. The maximum Gasteiger partial charge on any atom is 0.341 e. The number of carbonyl (C=O) groups is 2. The summed E-state index contributed by atoms with van der Waals surface area (Å²) in [7, 11) is 0. The number of carbonyl (C=O) groups excluding carboxylic acids is 2. The number of ether oxygens (including phenoxy) is 1. The highest BCUT2D eigenvalue weighted by Gasteiger charge is 2.36. The van der Waals surface area contributed by atoms with E-state index >= 15 is 0 Å². The zero-order valence-electron chi connectivity index (χ0n) is 16.6. The second-order valence-electron chi connectivity index (χ2n) is 7.42.